The smallest absolute Gasteiger partial charge is 0.234 e. The third kappa shape index (κ3) is 2.86. The van der Waals surface area contributed by atoms with Crippen molar-refractivity contribution in [3.63, 3.8) is 0 Å². The molecule has 1 aromatic rings. The van der Waals surface area contributed by atoms with Crippen LogP contribution in [0.15, 0.2) is 4.52 Å². The molecule has 0 aromatic carbocycles. The largest absolute Gasteiger partial charge is 0.367 e. The third-order valence-electron chi connectivity index (χ3n) is 5.02. The van der Waals surface area contributed by atoms with E-state index in [9.17, 15) is 0 Å². The minimum Gasteiger partial charge on any atom is -0.367 e. The topological polar surface area (TPSA) is 60.2 Å². The maximum Gasteiger partial charge on any atom is 0.234 e. The molecule has 21 heavy (non-hydrogen) atoms. The Balaban J connectivity index is 1.85. The van der Waals surface area contributed by atoms with E-state index in [4.69, 9.17) is 14.2 Å². The second-order valence-corrected chi connectivity index (χ2v) is 6.77. The maximum absolute atomic E-state index is 5.94. The van der Waals surface area contributed by atoms with Gasteiger partial charge in [-0.2, -0.15) is 4.98 Å². The van der Waals surface area contributed by atoms with Crippen molar-refractivity contribution in [1.82, 2.24) is 15.5 Å². The molecule has 2 aliphatic rings. The van der Waals surface area contributed by atoms with Gasteiger partial charge in [0.25, 0.3) is 0 Å². The van der Waals surface area contributed by atoms with Gasteiger partial charge in [0.05, 0.1) is 5.41 Å². The van der Waals surface area contributed by atoms with Gasteiger partial charge in [0.15, 0.2) is 0 Å². The lowest BCUT2D eigenvalue weighted by Crippen LogP contribution is -2.43. The van der Waals surface area contributed by atoms with Crippen molar-refractivity contribution in [3.05, 3.63) is 11.7 Å². The summed E-state index contributed by atoms with van der Waals surface area (Å²) in [5.41, 5.74) is -0.348. The number of hydrogen-bond donors (Lipinski definition) is 1. The molecule has 0 saturated carbocycles. The fourth-order valence-electron chi connectivity index (χ4n) is 3.71. The van der Waals surface area contributed by atoms with Crippen LogP contribution in [-0.4, -0.2) is 29.8 Å². The highest BCUT2D eigenvalue weighted by Crippen LogP contribution is 2.38. The predicted molar refractivity (Wildman–Crippen MR) is 80.1 cm³/mol. The summed E-state index contributed by atoms with van der Waals surface area (Å²) in [6.45, 7) is 7.14. The Morgan fingerprint density at radius 1 is 1.24 bits per heavy atom. The molecule has 1 aromatic heterocycles. The van der Waals surface area contributed by atoms with Crippen molar-refractivity contribution >= 4 is 0 Å². The summed E-state index contributed by atoms with van der Waals surface area (Å²) in [5, 5.41) is 7.77. The highest BCUT2D eigenvalue weighted by atomic mass is 16.5. The van der Waals surface area contributed by atoms with Gasteiger partial charge in [-0.1, -0.05) is 18.5 Å². The highest BCUT2D eigenvalue weighted by Gasteiger charge is 2.41. The molecule has 0 radical (unpaired) electrons. The molecule has 3 rings (SSSR count). The van der Waals surface area contributed by atoms with Gasteiger partial charge in [0.1, 0.15) is 5.60 Å². The lowest BCUT2D eigenvalue weighted by molar-refractivity contribution is -0.0770. The standard InChI is InChI=1S/C16H27N3O2/c1-3-7-16(9-6-10-17-12-16)14-18-13(19-21-14)15(2)8-4-5-11-20-15/h17H,3-12H2,1-2H3. The van der Waals surface area contributed by atoms with E-state index in [-0.39, 0.29) is 11.0 Å². The Morgan fingerprint density at radius 2 is 2.14 bits per heavy atom. The van der Waals surface area contributed by atoms with Gasteiger partial charge in [-0.25, -0.2) is 0 Å². The SMILES string of the molecule is CCCC1(c2nc(C3(C)CCCCO3)no2)CCCNC1. The Bertz CT molecular complexity index is 454. The van der Waals surface area contributed by atoms with Crippen LogP contribution in [0.25, 0.3) is 0 Å². The van der Waals surface area contributed by atoms with E-state index < -0.39 is 0 Å². The predicted octanol–water partition coefficient (Wildman–Crippen LogP) is 2.91. The second-order valence-electron chi connectivity index (χ2n) is 6.77. The summed E-state index contributed by atoms with van der Waals surface area (Å²) in [6, 6.07) is 0. The number of nitrogens with zero attached hydrogens (tertiary/aromatic N) is 2. The first kappa shape index (κ1) is 15.0. The van der Waals surface area contributed by atoms with Gasteiger partial charge in [0.2, 0.25) is 11.7 Å². The first-order valence-corrected chi connectivity index (χ1v) is 8.38. The molecule has 0 aliphatic carbocycles. The Labute approximate surface area is 126 Å². The first-order valence-electron chi connectivity index (χ1n) is 8.38. The van der Waals surface area contributed by atoms with E-state index in [0.717, 1.165) is 63.5 Å². The number of ether oxygens (including phenoxy) is 1. The second kappa shape index (κ2) is 6.05. The zero-order valence-electron chi connectivity index (χ0n) is 13.3. The summed E-state index contributed by atoms with van der Waals surface area (Å²) in [5.74, 6) is 1.54. The van der Waals surface area contributed by atoms with Crippen molar-refractivity contribution in [3.8, 4) is 0 Å². The van der Waals surface area contributed by atoms with Gasteiger partial charge < -0.3 is 14.6 Å². The van der Waals surface area contributed by atoms with Gasteiger partial charge >= 0.3 is 0 Å². The summed E-state index contributed by atoms with van der Waals surface area (Å²) in [4.78, 5) is 4.78. The van der Waals surface area contributed by atoms with Crippen LogP contribution in [0.4, 0.5) is 0 Å². The van der Waals surface area contributed by atoms with Crippen molar-refractivity contribution < 1.29 is 9.26 Å². The van der Waals surface area contributed by atoms with Crippen molar-refractivity contribution in [2.24, 2.45) is 0 Å². The lowest BCUT2D eigenvalue weighted by atomic mass is 9.77. The Kier molecular flexibility index (Phi) is 4.31. The zero-order valence-corrected chi connectivity index (χ0v) is 13.3. The van der Waals surface area contributed by atoms with E-state index in [0.29, 0.717) is 0 Å². The molecular formula is C16H27N3O2. The molecule has 2 saturated heterocycles. The average Bonchev–Trinajstić information content (AvgIpc) is 3.01. The van der Waals surface area contributed by atoms with E-state index in [1.807, 2.05) is 0 Å². The highest BCUT2D eigenvalue weighted by molar-refractivity contribution is 5.11. The molecule has 0 bridgehead atoms. The molecule has 2 fully saturated rings. The molecule has 5 nitrogen and oxygen atoms in total. The number of hydrogen-bond acceptors (Lipinski definition) is 5. The fourth-order valence-corrected chi connectivity index (χ4v) is 3.71. The number of rotatable bonds is 4. The van der Waals surface area contributed by atoms with Crippen molar-refractivity contribution in [1.29, 1.82) is 0 Å². The molecule has 2 aliphatic heterocycles. The van der Waals surface area contributed by atoms with E-state index >= 15 is 0 Å². The molecule has 2 unspecified atom stereocenters. The van der Waals surface area contributed by atoms with E-state index in [2.05, 4.69) is 24.3 Å². The van der Waals surface area contributed by atoms with Crippen LogP contribution >= 0.6 is 0 Å². The quantitative estimate of drug-likeness (QED) is 0.925. The van der Waals surface area contributed by atoms with Gasteiger partial charge in [-0.15, -0.1) is 0 Å². The molecule has 5 heteroatoms. The maximum atomic E-state index is 5.94. The minimum absolute atomic E-state index is 0.0171. The van der Waals surface area contributed by atoms with Crippen LogP contribution in [0, 0.1) is 0 Å². The summed E-state index contributed by atoms with van der Waals surface area (Å²) in [6.07, 6.45) is 7.81. The molecule has 0 spiro atoms. The van der Waals surface area contributed by atoms with Crippen LogP contribution in [-0.2, 0) is 15.8 Å². The number of aromatic nitrogens is 2. The van der Waals surface area contributed by atoms with E-state index in [1.165, 1.54) is 12.8 Å². The third-order valence-corrected chi connectivity index (χ3v) is 5.02. The molecule has 2 atom stereocenters. The lowest BCUT2D eigenvalue weighted by Gasteiger charge is -2.34. The van der Waals surface area contributed by atoms with Gasteiger partial charge in [-0.3, -0.25) is 0 Å². The van der Waals surface area contributed by atoms with E-state index in [1.54, 1.807) is 0 Å². The Hall–Kier alpha value is -0.940. The fraction of sp³-hybridized carbons (Fsp3) is 0.875. The Morgan fingerprint density at radius 3 is 2.81 bits per heavy atom. The van der Waals surface area contributed by atoms with Crippen molar-refractivity contribution in [2.75, 3.05) is 19.7 Å². The normalized spacial score (nSPS) is 34.0. The van der Waals surface area contributed by atoms with Crippen LogP contribution < -0.4 is 5.32 Å². The molecule has 3 heterocycles. The summed E-state index contributed by atoms with van der Waals surface area (Å²) in [7, 11) is 0. The summed E-state index contributed by atoms with van der Waals surface area (Å²) >= 11 is 0. The molecular weight excluding hydrogens is 266 g/mol. The van der Waals surface area contributed by atoms with Gasteiger partial charge in [0, 0.05) is 13.2 Å². The van der Waals surface area contributed by atoms with Gasteiger partial charge in [-0.05, 0) is 52.0 Å². The first-order chi connectivity index (χ1) is 10.2. The average molecular weight is 293 g/mol. The van der Waals surface area contributed by atoms with Crippen LogP contribution in [0.1, 0.15) is 70.5 Å². The summed E-state index contributed by atoms with van der Waals surface area (Å²) < 4.78 is 11.6. The van der Waals surface area contributed by atoms with Crippen molar-refractivity contribution in [2.45, 2.75) is 69.8 Å². The molecule has 0 amide bonds. The zero-order chi connectivity index (χ0) is 14.8. The van der Waals surface area contributed by atoms with Crippen LogP contribution in [0.5, 0.6) is 0 Å². The molecule has 118 valence electrons. The van der Waals surface area contributed by atoms with Crippen LogP contribution in [0.2, 0.25) is 0 Å². The number of nitrogens with one attached hydrogen (secondary N) is 1. The number of piperidine rings is 1. The minimum atomic E-state index is -0.366. The van der Waals surface area contributed by atoms with Crippen LogP contribution in [0.3, 0.4) is 0 Å². The monoisotopic (exact) mass is 293 g/mol. The molecule has 1 N–H and O–H groups in total.